The number of imidazole rings is 1. The molecule has 6 nitrogen and oxygen atoms in total. The number of aromatic nitrogens is 4. The minimum atomic E-state index is 0.342. The normalized spacial score (nSPS) is 11.4. The smallest absolute Gasteiger partial charge is 0.227 e. The van der Waals surface area contributed by atoms with E-state index in [4.69, 9.17) is 9.26 Å². The van der Waals surface area contributed by atoms with Crippen LogP contribution in [-0.2, 0) is 12.8 Å². The van der Waals surface area contributed by atoms with Gasteiger partial charge in [0.1, 0.15) is 5.75 Å². The van der Waals surface area contributed by atoms with Crippen LogP contribution in [0.3, 0.4) is 0 Å². The Hall–Kier alpha value is -3.15. The van der Waals surface area contributed by atoms with Crippen molar-refractivity contribution in [2.75, 3.05) is 7.11 Å². The van der Waals surface area contributed by atoms with E-state index in [1.54, 1.807) is 7.11 Å². The summed E-state index contributed by atoms with van der Waals surface area (Å²) in [5.41, 5.74) is 4.15. The predicted molar refractivity (Wildman–Crippen MR) is 104 cm³/mol. The topological polar surface area (TPSA) is 66.0 Å². The lowest BCUT2D eigenvalue weighted by Gasteiger charge is -2.07. The second-order valence-corrected chi connectivity index (χ2v) is 6.81. The van der Waals surface area contributed by atoms with E-state index in [1.165, 1.54) is 5.56 Å². The van der Waals surface area contributed by atoms with E-state index in [0.29, 0.717) is 24.2 Å². The maximum absolute atomic E-state index is 5.45. The lowest BCUT2D eigenvalue weighted by molar-refractivity contribution is 0.378. The molecular formula is C21H22N4O2. The largest absolute Gasteiger partial charge is 0.497 e. The molecule has 0 saturated heterocycles. The minimum Gasteiger partial charge on any atom is -0.497 e. The standard InChI is InChI=1S/C21H22N4O2/c1-14(2)25-13-22-18-9-8-16(12-19(18)25)21-23-20(27-24-21)10-7-15-5-4-6-17(11-15)26-3/h4-6,8-9,11-14H,7,10H2,1-3H3. The van der Waals surface area contributed by atoms with Crippen LogP contribution >= 0.6 is 0 Å². The van der Waals surface area contributed by atoms with E-state index in [2.05, 4.69) is 45.7 Å². The van der Waals surface area contributed by atoms with Crippen molar-refractivity contribution in [3.63, 3.8) is 0 Å². The van der Waals surface area contributed by atoms with Crippen molar-refractivity contribution in [2.45, 2.75) is 32.7 Å². The Morgan fingerprint density at radius 1 is 1.11 bits per heavy atom. The van der Waals surface area contributed by atoms with Gasteiger partial charge >= 0.3 is 0 Å². The highest BCUT2D eigenvalue weighted by Gasteiger charge is 2.12. The van der Waals surface area contributed by atoms with E-state index < -0.39 is 0 Å². The summed E-state index contributed by atoms with van der Waals surface area (Å²) in [6.45, 7) is 4.28. The fourth-order valence-electron chi connectivity index (χ4n) is 3.13. The third-order valence-corrected chi connectivity index (χ3v) is 4.62. The molecule has 0 bridgehead atoms. The van der Waals surface area contributed by atoms with Gasteiger partial charge in [-0.25, -0.2) is 4.98 Å². The van der Waals surface area contributed by atoms with Crippen LogP contribution in [-0.4, -0.2) is 26.8 Å². The van der Waals surface area contributed by atoms with E-state index in [0.717, 1.165) is 28.8 Å². The molecular weight excluding hydrogens is 340 g/mol. The Labute approximate surface area is 157 Å². The maximum Gasteiger partial charge on any atom is 0.227 e. The maximum atomic E-state index is 5.45. The van der Waals surface area contributed by atoms with Gasteiger partial charge in [0, 0.05) is 18.0 Å². The average molecular weight is 362 g/mol. The summed E-state index contributed by atoms with van der Waals surface area (Å²) in [5.74, 6) is 2.09. The van der Waals surface area contributed by atoms with Gasteiger partial charge in [0.2, 0.25) is 11.7 Å². The molecule has 0 aliphatic carbocycles. The molecule has 0 fully saturated rings. The molecule has 27 heavy (non-hydrogen) atoms. The van der Waals surface area contributed by atoms with Crippen molar-refractivity contribution in [1.29, 1.82) is 0 Å². The lowest BCUT2D eigenvalue weighted by Crippen LogP contribution is -1.98. The van der Waals surface area contributed by atoms with Crippen molar-refractivity contribution in [1.82, 2.24) is 19.7 Å². The van der Waals surface area contributed by atoms with Crippen LogP contribution < -0.4 is 4.74 Å². The van der Waals surface area contributed by atoms with Crippen LogP contribution in [0.2, 0.25) is 0 Å². The molecule has 0 aliphatic rings. The number of methoxy groups -OCH3 is 1. The summed E-state index contributed by atoms with van der Waals surface area (Å²) in [7, 11) is 1.67. The average Bonchev–Trinajstić information content (AvgIpc) is 3.33. The van der Waals surface area contributed by atoms with Crippen LogP contribution in [0.25, 0.3) is 22.4 Å². The SMILES string of the molecule is COc1cccc(CCc2nc(-c3ccc4ncn(C(C)C)c4c3)no2)c1. The third-order valence-electron chi connectivity index (χ3n) is 4.62. The van der Waals surface area contributed by atoms with Gasteiger partial charge in [0.25, 0.3) is 0 Å². The van der Waals surface area contributed by atoms with Crippen LogP contribution in [0.1, 0.15) is 31.3 Å². The third kappa shape index (κ3) is 3.56. The molecule has 0 atom stereocenters. The summed E-state index contributed by atoms with van der Waals surface area (Å²) < 4.78 is 12.9. The molecule has 2 heterocycles. The quantitative estimate of drug-likeness (QED) is 0.506. The number of benzene rings is 2. The Bertz CT molecular complexity index is 1060. The number of fused-ring (bicyclic) bond motifs is 1. The van der Waals surface area contributed by atoms with E-state index >= 15 is 0 Å². The highest BCUT2D eigenvalue weighted by atomic mass is 16.5. The fourth-order valence-corrected chi connectivity index (χ4v) is 3.13. The Morgan fingerprint density at radius 3 is 2.81 bits per heavy atom. The summed E-state index contributed by atoms with van der Waals surface area (Å²) in [5, 5.41) is 4.16. The van der Waals surface area contributed by atoms with Gasteiger partial charge in [-0.2, -0.15) is 4.98 Å². The summed E-state index contributed by atoms with van der Waals surface area (Å²) >= 11 is 0. The molecule has 0 aliphatic heterocycles. The van der Waals surface area contributed by atoms with E-state index in [1.807, 2.05) is 36.7 Å². The van der Waals surface area contributed by atoms with Gasteiger partial charge in [-0.3, -0.25) is 0 Å². The van der Waals surface area contributed by atoms with Gasteiger partial charge in [-0.05, 0) is 56.2 Å². The van der Waals surface area contributed by atoms with Gasteiger partial charge in [-0.15, -0.1) is 0 Å². The molecule has 0 N–H and O–H groups in total. The fraction of sp³-hybridized carbons (Fsp3) is 0.286. The zero-order chi connectivity index (χ0) is 18.8. The van der Waals surface area contributed by atoms with Crippen LogP contribution in [0.5, 0.6) is 5.75 Å². The summed E-state index contributed by atoms with van der Waals surface area (Å²) in [6.07, 6.45) is 3.37. The number of nitrogens with zero attached hydrogens (tertiary/aromatic N) is 4. The van der Waals surface area contributed by atoms with Crippen molar-refractivity contribution in [3.05, 3.63) is 60.2 Å². The Balaban J connectivity index is 1.53. The lowest BCUT2D eigenvalue weighted by atomic mass is 10.1. The summed E-state index contributed by atoms with van der Waals surface area (Å²) in [6, 6.07) is 14.4. The van der Waals surface area contributed by atoms with Crippen LogP contribution in [0.4, 0.5) is 0 Å². The van der Waals surface area contributed by atoms with Crippen LogP contribution in [0, 0.1) is 0 Å². The minimum absolute atomic E-state index is 0.342. The first-order valence-corrected chi connectivity index (χ1v) is 9.06. The molecule has 138 valence electrons. The highest BCUT2D eigenvalue weighted by molar-refractivity contribution is 5.80. The molecule has 0 saturated carbocycles. The van der Waals surface area contributed by atoms with Gasteiger partial charge in [0.05, 0.1) is 24.5 Å². The predicted octanol–water partition coefficient (Wildman–Crippen LogP) is 4.46. The van der Waals surface area contributed by atoms with Crippen molar-refractivity contribution in [3.8, 4) is 17.1 Å². The van der Waals surface area contributed by atoms with E-state index in [9.17, 15) is 0 Å². The number of hydrogen-bond acceptors (Lipinski definition) is 5. The molecule has 6 heteroatoms. The molecule has 4 aromatic rings. The number of aryl methyl sites for hydroxylation is 2. The van der Waals surface area contributed by atoms with Gasteiger partial charge < -0.3 is 13.8 Å². The molecule has 0 unspecified atom stereocenters. The van der Waals surface area contributed by atoms with Gasteiger partial charge in [0.15, 0.2) is 0 Å². The Morgan fingerprint density at radius 2 is 2.00 bits per heavy atom. The van der Waals surface area contributed by atoms with E-state index in [-0.39, 0.29) is 0 Å². The summed E-state index contributed by atoms with van der Waals surface area (Å²) in [4.78, 5) is 9.01. The molecule has 0 radical (unpaired) electrons. The van der Waals surface area contributed by atoms with Crippen LogP contribution in [0.15, 0.2) is 53.3 Å². The Kier molecular flexibility index (Phi) is 4.62. The second kappa shape index (κ2) is 7.23. The first kappa shape index (κ1) is 17.3. The number of rotatable bonds is 6. The van der Waals surface area contributed by atoms with Crippen molar-refractivity contribution in [2.24, 2.45) is 0 Å². The van der Waals surface area contributed by atoms with Gasteiger partial charge in [-0.1, -0.05) is 17.3 Å². The molecule has 2 aromatic heterocycles. The first-order valence-electron chi connectivity index (χ1n) is 9.06. The highest BCUT2D eigenvalue weighted by Crippen LogP contribution is 2.24. The molecule has 0 spiro atoms. The number of ether oxygens (including phenoxy) is 1. The molecule has 0 amide bonds. The molecule has 4 rings (SSSR count). The number of hydrogen-bond donors (Lipinski definition) is 0. The van der Waals surface area contributed by atoms with Crippen molar-refractivity contribution >= 4 is 11.0 Å². The first-order chi connectivity index (χ1) is 13.1. The zero-order valence-electron chi connectivity index (χ0n) is 15.7. The monoisotopic (exact) mass is 362 g/mol. The molecule has 2 aromatic carbocycles. The van der Waals surface area contributed by atoms with Crippen molar-refractivity contribution < 1.29 is 9.26 Å². The second-order valence-electron chi connectivity index (χ2n) is 6.81. The zero-order valence-corrected chi connectivity index (χ0v) is 15.7.